The molecule has 6 heteroatoms. The predicted octanol–water partition coefficient (Wildman–Crippen LogP) is 1.19. The normalized spacial score (nSPS) is 23.5. The Morgan fingerprint density at radius 1 is 1.35 bits per heavy atom. The Labute approximate surface area is 120 Å². The summed E-state index contributed by atoms with van der Waals surface area (Å²) in [5.74, 6) is 0.780. The van der Waals surface area contributed by atoms with Crippen LogP contribution in [-0.2, 0) is 21.2 Å². The quantitative estimate of drug-likeness (QED) is 0.887. The van der Waals surface area contributed by atoms with Crippen LogP contribution >= 0.6 is 0 Å². The fourth-order valence-electron chi connectivity index (χ4n) is 2.59. The number of hydrogen-bond donors (Lipinski definition) is 1. The summed E-state index contributed by atoms with van der Waals surface area (Å²) in [6, 6.07) is 7.72. The van der Waals surface area contributed by atoms with Gasteiger partial charge in [-0.25, -0.2) is 13.1 Å². The molecule has 0 saturated carbocycles. The maximum atomic E-state index is 12.1. The van der Waals surface area contributed by atoms with Crippen LogP contribution in [0.3, 0.4) is 0 Å². The van der Waals surface area contributed by atoms with Crippen LogP contribution < -0.4 is 9.46 Å². The second-order valence-electron chi connectivity index (χ2n) is 4.96. The van der Waals surface area contributed by atoms with E-state index in [1.54, 1.807) is 7.11 Å². The molecule has 1 heterocycles. The molecule has 0 bridgehead atoms. The van der Waals surface area contributed by atoms with E-state index in [-0.39, 0.29) is 11.2 Å². The van der Waals surface area contributed by atoms with Gasteiger partial charge in [0, 0.05) is 12.5 Å². The van der Waals surface area contributed by atoms with Gasteiger partial charge >= 0.3 is 0 Å². The van der Waals surface area contributed by atoms with E-state index in [2.05, 4.69) is 4.72 Å². The smallest absolute Gasteiger partial charge is 0.214 e. The van der Waals surface area contributed by atoms with E-state index in [0.717, 1.165) is 11.3 Å². The minimum atomic E-state index is -3.26. The molecule has 1 aromatic rings. The van der Waals surface area contributed by atoms with Crippen LogP contribution in [0.5, 0.6) is 5.75 Å². The van der Waals surface area contributed by atoms with Gasteiger partial charge in [0.2, 0.25) is 10.0 Å². The Bertz CT molecular complexity index is 527. The maximum absolute atomic E-state index is 12.1. The van der Waals surface area contributed by atoms with Crippen molar-refractivity contribution in [3.8, 4) is 5.75 Å². The molecule has 2 rings (SSSR count). The van der Waals surface area contributed by atoms with Gasteiger partial charge in [-0.3, -0.25) is 0 Å². The van der Waals surface area contributed by atoms with E-state index >= 15 is 0 Å². The first kappa shape index (κ1) is 15.3. The molecule has 112 valence electrons. The highest BCUT2D eigenvalue weighted by molar-refractivity contribution is 7.90. The predicted molar refractivity (Wildman–Crippen MR) is 77.4 cm³/mol. The average Bonchev–Trinajstić information content (AvgIpc) is 2.48. The number of sulfonamides is 1. The summed E-state index contributed by atoms with van der Waals surface area (Å²) >= 11 is 0. The van der Waals surface area contributed by atoms with Crippen molar-refractivity contribution in [3.63, 3.8) is 0 Å². The van der Waals surface area contributed by atoms with Gasteiger partial charge in [-0.15, -0.1) is 0 Å². The zero-order valence-corrected chi connectivity index (χ0v) is 12.7. The monoisotopic (exact) mass is 299 g/mol. The lowest BCUT2D eigenvalue weighted by atomic mass is 9.93. The molecule has 1 aliphatic rings. The van der Waals surface area contributed by atoms with E-state index in [0.29, 0.717) is 26.1 Å². The lowest BCUT2D eigenvalue weighted by molar-refractivity contribution is 0.0570. The third-order valence-corrected chi connectivity index (χ3v) is 5.73. The lowest BCUT2D eigenvalue weighted by Crippen LogP contribution is -2.43. The molecule has 1 N–H and O–H groups in total. The van der Waals surface area contributed by atoms with Crippen LogP contribution in [0.4, 0.5) is 0 Å². The standard InChI is InChI=1S/C14H21NO4S/c1-15-20(16,17)14-7-8-19-10-12(14)9-11-3-5-13(18-2)6-4-11/h3-6,12,14-15H,7-10H2,1-2H3/t12-,14-/m0/s1. The van der Waals surface area contributed by atoms with Crippen LogP contribution in [0, 0.1) is 5.92 Å². The van der Waals surface area contributed by atoms with E-state index < -0.39 is 10.0 Å². The highest BCUT2D eigenvalue weighted by Gasteiger charge is 2.35. The third kappa shape index (κ3) is 3.50. The van der Waals surface area contributed by atoms with Gasteiger partial charge in [-0.05, 0) is 37.6 Å². The topological polar surface area (TPSA) is 64.6 Å². The van der Waals surface area contributed by atoms with Crippen molar-refractivity contribution in [2.24, 2.45) is 5.92 Å². The van der Waals surface area contributed by atoms with Crippen molar-refractivity contribution in [3.05, 3.63) is 29.8 Å². The highest BCUT2D eigenvalue weighted by Crippen LogP contribution is 2.25. The second kappa shape index (κ2) is 6.56. The second-order valence-corrected chi connectivity index (χ2v) is 7.07. The van der Waals surface area contributed by atoms with Crippen molar-refractivity contribution in [1.82, 2.24) is 4.72 Å². The van der Waals surface area contributed by atoms with Crippen LogP contribution in [0.15, 0.2) is 24.3 Å². The lowest BCUT2D eigenvalue weighted by Gasteiger charge is -2.31. The molecule has 5 nitrogen and oxygen atoms in total. The molecule has 1 fully saturated rings. The average molecular weight is 299 g/mol. The summed E-state index contributed by atoms with van der Waals surface area (Å²) in [5, 5.41) is -0.386. The van der Waals surface area contributed by atoms with E-state index in [9.17, 15) is 8.42 Å². The third-order valence-electron chi connectivity index (χ3n) is 3.74. The van der Waals surface area contributed by atoms with Crippen LogP contribution in [0.2, 0.25) is 0 Å². The van der Waals surface area contributed by atoms with E-state index in [4.69, 9.17) is 9.47 Å². The van der Waals surface area contributed by atoms with Crippen molar-refractivity contribution in [2.45, 2.75) is 18.1 Å². The molecule has 1 saturated heterocycles. The molecule has 20 heavy (non-hydrogen) atoms. The molecule has 0 radical (unpaired) electrons. The largest absolute Gasteiger partial charge is 0.497 e. The molecule has 0 aliphatic carbocycles. The maximum Gasteiger partial charge on any atom is 0.214 e. The van der Waals surface area contributed by atoms with E-state index in [1.807, 2.05) is 24.3 Å². The molecule has 1 aliphatic heterocycles. The number of nitrogens with one attached hydrogen (secondary N) is 1. The molecule has 0 unspecified atom stereocenters. The Balaban J connectivity index is 2.12. The Morgan fingerprint density at radius 2 is 2.05 bits per heavy atom. The molecule has 2 atom stereocenters. The first-order valence-electron chi connectivity index (χ1n) is 6.70. The fraction of sp³-hybridized carbons (Fsp3) is 0.571. The van der Waals surface area contributed by atoms with Gasteiger partial charge < -0.3 is 9.47 Å². The van der Waals surface area contributed by atoms with Crippen molar-refractivity contribution < 1.29 is 17.9 Å². The van der Waals surface area contributed by atoms with Crippen LogP contribution in [-0.4, -0.2) is 41.0 Å². The van der Waals surface area contributed by atoms with Gasteiger partial charge in [-0.1, -0.05) is 12.1 Å². The van der Waals surface area contributed by atoms with E-state index in [1.165, 1.54) is 7.05 Å². The minimum Gasteiger partial charge on any atom is -0.497 e. The number of ether oxygens (including phenoxy) is 2. The first-order valence-corrected chi connectivity index (χ1v) is 8.24. The van der Waals surface area contributed by atoms with Gasteiger partial charge in [0.15, 0.2) is 0 Å². The molecular weight excluding hydrogens is 278 g/mol. The summed E-state index contributed by atoms with van der Waals surface area (Å²) in [5.41, 5.74) is 1.10. The summed E-state index contributed by atoms with van der Waals surface area (Å²) in [7, 11) is -0.166. The molecule has 0 aromatic heterocycles. The number of methoxy groups -OCH3 is 1. The zero-order chi connectivity index (χ0) is 14.6. The fourth-order valence-corrected chi connectivity index (χ4v) is 3.98. The van der Waals surface area contributed by atoms with Gasteiger partial charge in [0.1, 0.15) is 5.75 Å². The van der Waals surface area contributed by atoms with Crippen molar-refractivity contribution >= 4 is 10.0 Å². The Morgan fingerprint density at radius 3 is 2.65 bits per heavy atom. The summed E-state index contributed by atoms with van der Waals surface area (Å²) in [4.78, 5) is 0. The minimum absolute atomic E-state index is 0.0189. The Kier molecular flexibility index (Phi) is 5.01. The summed E-state index contributed by atoms with van der Waals surface area (Å²) < 4.78 is 37.2. The molecule has 0 amide bonds. The molecular formula is C14H21NO4S. The summed E-state index contributed by atoms with van der Waals surface area (Å²) in [6.45, 7) is 0.988. The Hall–Kier alpha value is -1.11. The number of rotatable bonds is 5. The van der Waals surface area contributed by atoms with Crippen molar-refractivity contribution in [1.29, 1.82) is 0 Å². The van der Waals surface area contributed by atoms with Gasteiger partial charge in [0.25, 0.3) is 0 Å². The van der Waals surface area contributed by atoms with Gasteiger partial charge in [-0.2, -0.15) is 0 Å². The van der Waals surface area contributed by atoms with Gasteiger partial charge in [0.05, 0.1) is 19.0 Å². The SMILES string of the molecule is CNS(=O)(=O)[C@H]1CCOC[C@@H]1Cc1ccc(OC)cc1. The molecule has 1 aromatic carbocycles. The number of hydrogen-bond acceptors (Lipinski definition) is 4. The van der Waals surface area contributed by atoms with Crippen LogP contribution in [0.25, 0.3) is 0 Å². The molecule has 0 spiro atoms. The van der Waals surface area contributed by atoms with Crippen LogP contribution in [0.1, 0.15) is 12.0 Å². The summed E-state index contributed by atoms with van der Waals surface area (Å²) in [6.07, 6.45) is 1.24. The van der Waals surface area contributed by atoms with Crippen molar-refractivity contribution in [2.75, 3.05) is 27.4 Å². The highest BCUT2D eigenvalue weighted by atomic mass is 32.2. The first-order chi connectivity index (χ1) is 9.56. The zero-order valence-electron chi connectivity index (χ0n) is 11.8. The number of benzene rings is 1.